The molecule has 1 aromatic heterocycles. The van der Waals surface area contributed by atoms with E-state index in [0.29, 0.717) is 50.8 Å². The van der Waals surface area contributed by atoms with Crippen molar-refractivity contribution < 1.29 is 22.7 Å². The highest BCUT2D eigenvalue weighted by molar-refractivity contribution is 7.89. The van der Waals surface area contributed by atoms with Gasteiger partial charge in [-0.2, -0.15) is 4.31 Å². The summed E-state index contributed by atoms with van der Waals surface area (Å²) in [5, 5.41) is 0. The molecule has 0 bridgehead atoms. The van der Waals surface area contributed by atoms with Crippen molar-refractivity contribution >= 4 is 21.6 Å². The molecule has 1 aromatic carbocycles. The van der Waals surface area contributed by atoms with Crippen LogP contribution in [-0.2, 0) is 14.8 Å². The molecule has 31 heavy (non-hydrogen) atoms. The van der Waals surface area contributed by atoms with Gasteiger partial charge in [-0.25, -0.2) is 8.42 Å². The minimum atomic E-state index is -3.66. The lowest BCUT2D eigenvalue weighted by atomic mass is 10.2. The van der Waals surface area contributed by atoms with Gasteiger partial charge in [-0.3, -0.25) is 9.78 Å². The summed E-state index contributed by atoms with van der Waals surface area (Å²) < 4.78 is 38.5. The second-order valence-corrected chi connectivity index (χ2v) is 9.41. The van der Waals surface area contributed by atoms with Crippen LogP contribution in [-0.4, -0.2) is 81.5 Å². The first-order chi connectivity index (χ1) is 14.9. The van der Waals surface area contributed by atoms with Gasteiger partial charge in [0.15, 0.2) is 11.5 Å². The number of rotatable bonds is 6. The topological polar surface area (TPSA) is 92.3 Å². The molecule has 0 atom stereocenters. The Morgan fingerprint density at radius 2 is 1.71 bits per heavy atom. The summed E-state index contributed by atoms with van der Waals surface area (Å²) in [6.07, 6.45) is 3.80. The Balaban J connectivity index is 1.32. The van der Waals surface area contributed by atoms with E-state index < -0.39 is 10.0 Å². The Labute approximate surface area is 182 Å². The van der Waals surface area contributed by atoms with Crippen molar-refractivity contribution in [2.45, 2.75) is 11.3 Å². The number of carbonyl (C=O) groups excluding carboxylic acids is 1. The number of hydrogen-bond acceptors (Lipinski definition) is 7. The first kappa shape index (κ1) is 21.4. The minimum Gasteiger partial charge on any atom is -0.486 e. The zero-order valence-electron chi connectivity index (χ0n) is 17.4. The third-order valence-corrected chi connectivity index (χ3v) is 7.40. The first-order valence-corrected chi connectivity index (χ1v) is 11.7. The number of ether oxygens (including phenoxy) is 2. The fourth-order valence-corrected chi connectivity index (χ4v) is 5.10. The predicted octanol–water partition coefficient (Wildman–Crippen LogP) is 1.21. The number of aromatic nitrogens is 1. The molecule has 2 aromatic rings. The van der Waals surface area contributed by atoms with Crippen LogP contribution in [0.25, 0.3) is 0 Å². The third-order valence-electron chi connectivity index (χ3n) is 5.51. The maximum absolute atomic E-state index is 13.0. The summed E-state index contributed by atoms with van der Waals surface area (Å²) in [7, 11) is -1.73. The number of hydrogen-bond donors (Lipinski definition) is 0. The van der Waals surface area contributed by atoms with Gasteiger partial charge in [0.05, 0.1) is 4.90 Å². The van der Waals surface area contributed by atoms with Gasteiger partial charge in [-0.05, 0) is 24.3 Å². The number of amides is 1. The lowest BCUT2D eigenvalue weighted by Gasteiger charge is -2.34. The highest BCUT2D eigenvalue weighted by Crippen LogP contribution is 2.33. The summed E-state index contributed by atoms with van der Waals surface area (Å²) >= 11 is 0. The van der Waals surface area contributed by atoms with Crippen molar-refractivity contribution in [1.29, 1.82) is 0 Å². The van der Waals surface area contributed by atoms with Crippen LogP contribution in [0, 0.1) is 0 Å². The van der Waals surface area contributed by atoms with E-state index in [-0.39, 0.29) is 23.9 Å². The van der Waals surface area contributed by atoms with Crippen molar-refractivity contribution in [2.75, 3.05) is 57.9 Å². The number of nitrogens with zero attached hydrogens (tertiary/aromatic N) is 4. The van der Waals surface area contributed by atoms with Crippen LogP contribution in [0.15, 0.2) is 47.6 Å². The smallest absolute Gasteiger partial charge is 0.243 e. The quantitative estimate of drug-likeness (QED) is 0.659. The van der Waals surface area contributed by atoms with Crippen molar-refractivity contribution in [2.24, 2.45) is 0 Å². The van der Waals surface area contributed by atoms with E-state index in [1.54, 1.807) is 23.4 Å². The summed E-state index contributed by atoms with van der Waals surface area (Å²) in [5.41, 5.74) is 0.998. The van der Waals surface area contributed by atoms with Gasteiger partial charge in [-0.15, -0.1) is 0 Å². The van der Waals surface area contributed by atoms with E-state index in [1.165, 1.54) is 16.4 Å². The summed E-state index contributed by atoms with van der Waals surface area (Å²) in [6, 6.07) is 8.46. The highest BCUT2D eigenvalue weighted by atomic mass is 32.2. The zero-order chi connectivity index (χ0) is 21.8. The Kier molecular flexibility index (Phi) is 6.28. The van der Waals surface area contributed by atoms with Gasteiger partial charge >= 0.3 is 0 Å². The van der Waals surface area contributed by atoms with Crippen LogP contribution in [0.4, 0.5) is 5.69 Å². The highest BCUT2D eigenvalue weighted by Gasteiger charge is 2.31. The molecule has 0 aliphatic carbocycles. The molecule has 10 heteroatoms. The van der Waals surface area contributed by atoms with Crippen LogP contribution < -0.4 is 14.4 Å². The first-order valence-electron chi connectivity index (χ1n) is 10.2. The molecule has 1 fully saturated rings. The van der Waals surface area contributed by atoms with Crippen molar-refractivity contribution in [1.82, 2.24) is 14.2 Å². The number of sulfonamides is 1. The monoisotopic (exact) mass is 446 g/mol. The molecule has 0 radical (unpaired) electrons. The second-order valence-electron chi connectivity index (χ2n) is 7.47. The van der Waals surface area contributed by atoms with E-state index in [0.717, 1.165) is 5.69 Å². The van der Waals surface area contributed by atoms with E-state index in [2.05, 4.69) is 4.98 Å². The summed E-state index contributed by atoms with van der Waals surface area (Å²) in [6.45, 7) is 2.72. The van der Waals surface area contributed by atoms with Gasteiger partial charge in [0.1, 0.15) is 13.2 Å². The van der Waals surface area contributed by atoms with Crippen molar-refractivity contribution in [3.8, 4) is 11.5 Å². The fourth-order valence-electron chi connectivity index (χ4n) is 3.66. The number of anilines is 1. The van der Waals surface area contributed by atoms with E-state index in [1.807, 2.05) is 24.1 Å². The predicted molar refractivity (Wildman–Crippen MR) is 115 cm³/mol. The van der Waals surface area contributed by atoms with Gasteiger partial charge in [0.25, 0.3) is 0 Å². The van der Waals surface area contributed by atoms with Gasteiger partial charge in [0.2, 0.25) is 15.9 Å². The molecule has 4 rings (SSSR count). The molecule has 0 unspecified atom stereocenters. The number of pyridine rings is 1. The molecular weight excluding hydrogens is 420 g/mol. The number of fused-ring (bicyclic) bond motifs is 1. The zero-order valence-corrected chi connectivity index (χ0v) is 18.3. The van der Waals surface area contributed by atoms with E-state index >= 15 is 0 Å². The Bertz CT molecular complexity index is 1020. The Morgan fingerprint density at radius 1 is 1.03 bits per heavy atom. The maximum atomic E-state index is 13.0. The number of piperazine rings is 1. The number of carbonyl (C=O) groups is 1. The molecule has 9 nitrogen and oxygen atoms in total. The SMILES string of the molecule is CN(CCC(=O)N1CCN(S(=O)(=O)c2ccc3c(c2)OCCO3)CC1)c1ccncc1. The largest absolute Gasteiger partial charge is 0.486 e. The van der Waals surface area contributed by atoms with Crippen LogP contribution in [0.3, 0.4) is 0 Å². The minimum absolute atomic E-state index is 0.0253. The number of benzene rings is 1. The van der Waals surface area contributed by atoms with Crippen molar-refractivity contribution in [3.63, 3.8) is 0 Å². The molecule has 0 spiro atoms. The maximum Gasteiger partial charge on any atom is 0.243 e. The van der Waals surface area contributed by atoms with E-state index in [9.17, 15) is 13.2 Å². The van der Waals surface area contributed by atoms with Gasteiger partial charge in [-0.1, -0.05) is 0 Å². The second kappa shape index (κ2) is 9.11. The standard InChI is InChI=1S/C21H26N4O5S/c1-23(17-4-7-22-8-5-17)9-6-21(26)24-10-12-25(13-11-24)31(27,28)18-2-3-19-20(16-18)30-15-14-29-19/h2-5,7-8,16H,6,9-15H2,1H3. The average molecular weight is 447 g/mol. The van der Waals surface area contributed by atoms with E-state index in [4.69, 9.17) is 9.47 Å². The molecule has 0 saturated carbocycles. The summed E-state index contributed by atoms with van der Waals surface area (Å²) in [4.78, 5) is 20.5. The van der Waals surface area contributed by atoms with Gasteiger partial charge < -0.3 is 19.3 Å². The lowest BCUT2D eigenvalue weighted by Crippen LogP contribution is -2.50. The fraction of sp³-hybridized carbons (Fsp3) is 0.429. The lowest BCUT2D eigenvalue weighted by molar-refractivity contribution is -0.132. The average Bonchev–Trinajstić information content (AvgIpc) is 2.82. The molecule has 2 aliphatic rings. The van der Waals surface area contributed by atoms with Gasteiger partial charge in [0, 0.05) is 70.3 Å². The molecule has 0 N–H and O–H groups in total. The molecule has 3 heterocycles. The Morgan fingerprint density at radius 3 is 2.42 bits per heavy atom. The third kappa shape index (κ3) is 4.75. The van der Waals surface area contributed by atoms with Crippen LogP contribution >= 0.6 is 0 Å². The molecule has 2 aliphatic heterocycles. The van der Waals surface area contributed by atoms with Crippen LogP contribution in [0.2, 0.25) is 0 Å². The molecule has 166 valence electrons. The Hall–Kier alpha value is -2.85. The molecule has 1 saturated heterocycles. The van der Waals surface area contributed by atoms with Crippen molar-refractivity contribution in [3.05, 3.63) is 42.7 Å². The normalized spacial score (nSPS) is 16.7. The van der Waals surface area contributed by atoms with Crippen LogP contribution in [0.1, 0.15) is 6.42 Å². The van der Waals surface area contributed by atoms with Crippen LogP contribution in [0.5, 0.6) is 11.5 Å². The summed E-state index contributed by atoms with van der Waals surface area (Å²) in [5.74, 6) is 1.02. The molecular formula is C21H26N4O5S. The molecule has 1 amide bonds.